The van der Waals surface area contributed by atoms with E-state index in [1.54, 1.807) is 6.20 Å². The summed E-state index contributed by atoms with van der Waals surface area (Å²) in [5.41, 5.74) is 6.25. The van der Waals surface area contributed by atoms with Gasteiger partial charge < -0.3 is 10.5 Å². The van der Waals surface area contributed by atoms with Crippen molar-refractivity contribution in [2.24, 2.45) is 5.73 Å². The van der Waals surface area contributed by atoms with Crippen LogP contribution in [0.4, 0.5) is 0 Å². The van der Waals surface area contributed by atoms with Crippen molar-refractivity contribution in [1.82, 2.24) is 4.98 Å². The van der Waals surface area contributed by atoms with Crippen LogP contribution < -0.4 is 10.5 Å². The van der Waals surface area contributed by atoms with Crippen LogP contribution in [-0.4, -0.2) is 11.6 Å². The van der Waals surface area contributed by atoms with E-state index in [-0.39, 0.29) is 0 Å². The first-order valence-electron chi connectivity index (χ1n) is 3.64. The Labute approximate surface area is 66.2 Å². The number of hydrogen-bond acceptors (Lipinski definition) is 3. The van der Waals surface area contributed by atoms with Gasteiger partial charge in [0.05, 0.1) is 12.3 Å². The van der Waals surface area contributed by atoms with Gasteiger partial charge in [-0.15, -0.1) is 0 Å². The van der Waals surface area contributed by atoms with Crippen LogP contribution in [0, 0.1) is 0 Å². The van der Waals surface area contributed by atoms with Crippen LogP contribution in [0.2, 0.25) is 0 Å². The zero-order chi connectivity index (χ0) is 8.10. The molecule has 1 aromatic heterocycles. The molecule has 0 aromatic carbocycles. The highest BCUT2D eigenvalue weighted by Gasteiger charge is 1.93. The van der Waals surface area contributed by atoms with E-state index in [0.29, 0.717) is 13.2 Å². The molecule has 0 atom stereocenters. The lowest BCUT2D eigenvalue weighted by Gasteiger charge is -2.02. The predicted octanol–water partition coefficient (Wildman–Crippen LogP) is 0.939. The Morgan fingerprint density at radius 2 is 2.45 bits per heavy atom. The van der Waals surface area contributed by atoms with E-state index < -0.39 is 0 Å². The molecule has 0 aliphatic carbocycles. The van der Waals surface area contributed by atoms with Crippen molar-refractivity contribution in [3.05, 3.63) is 24.0 Å². The Morgan fingerprint density at radius 1 is 1.64 bits per heavy atom. The minimum absolute atomic E-state index is 0.459. The molecule has 1 aromatic rings. The van der Waals surface area contributed by atoms with Crippen LogP contribution in [0.5, 0.6) is 5.75 Å². The standard InChI is InChI=1S/C8H12N2O/c1-2-11-8-3-4-10-7(5-8)6-9/h3-5H,2,6,9H2,1H3. The largest absolute Gasteiger partial charge is 0.494 e. The van der Waals surface area contributed by atoms with Gasteiger partial charge in [0.1, 0.15) is 5.75 Å². The summed E-state index contributed by atoms with van der Waals surface area (Å²) in [6.45, 7) is 3.08. The molecule has 0 unspecified atom stereocenters. The van der Waals surface area contributed by atoms with Gasteiger partial charge in [0.2, 0.25) is 0 Å². The normalized spacial score (nSPS) is 9.64. The maximum absolute atomic E-state index is 5.40. The minimum Gasteiger partial charge on any atom is -0.494 e. The Morgan fingerprint density at radius 3 is 3.09 bits per heavy atom. The van der Waals surface area contributed by atoms with Crippen LogP contribution in [-0.2, 0) is 6.54 Å². The Kier molecular flexibility index (Phi) is 2.86. The van der Waals surface area contributed by atoms with Crippen LogP contribution in [0.1, 0.15) is 12.6 Å². The monoisotopic (exact) mass is 152 g/mol. The minimum atomic E-state index is 0.459. The summed E-state index contributed by atoms with van der Waals surface area (Å²) in [5.74, 6) is 0.836. The second kappa shape index (κ2) is 3.93. The third-order valence-electron chi connectivity index (χ3n) is 1.31. The first-order chi connectivity index (χ1) is 5.36. The summed E-state index contributed by atoms with van der Waals surface area (Å²) in [6.07, 6.45) is 1.70. The average Bonchev–Trinajstić information content (AvgIpc) is 2.06. The number of pyridine rings is 1. The molecule has 1 heterocycles. The maximum Gasteiger partial charge on any atom is 0.122 e. The van der Waals surface area contributed by atoms with Crippen LogP contribution in [0.15, 0.2) is 18.3 Å². The summed E-state index contributed by atoms with van der Waals surface area (Å²) >= 11 is 0. The molecular weight excluding hydrogens is 140 g/mol. The van der Waals surface area contributed by atoms with E-state index in [0.717, 1.165) is 11.4 Å². The highest BCUT2D eigenvalue weighted by Crippen LogP contribution is 2.09. The first kappa shape index (κ1) is 8.01. The zero-order valence-corrected chi connectivity index (χ0v) is 6.58. The molecule has 11 heavy (non-hydrogen) atoms. The first-order valence-corrected chi connectivity index (χ1v) is 3.64. The molecule has 0 aliphatic heterocycles. The van der Waals surface area contributed by atoms with Gasteiger partial charge in [-0.25, -0.2) is 0 Å². The Hall–Kier alpha value is -1.09. The van der Waals surface area contributed by atoms with Gasteiger partial charge in [-0.1, -0.05) is 0 Å². The van der Waals surface area contributed by atoms with Gasteiger partial charge in [0.25, 0.3) is 0 Å². The van der Waals surface area contributed by atoms with Crippen LogP contribution in [0.25, 0.3) is 0 Å². The maximum atomic E-state index is 5.40. The molecule has 2 N–H and O–H groups in total. The summed E-state index contributed by atoms with van der Waals surface area (Å²) in [5, 5.41) is 0. The van der Waals surface area contributed by atoms with Crippen LogP contribution in [0.3, 0.4) is 0 Å². The van der Waals surface area contributed by atoms with E-state index >= 15 is 0 Å². The SMILES string of the molecule is CCOc1ccnc(CN)c1. The number of aromatic nitrogens is 1. The lowest BCUT2D eigenvalue weighted by molar-refractivity contribution is 0.339. The molecule has 0 aliphatic rings. The number of hydrogen-bond donors (Lipinski definition) is 1. The van der Waals surface area contributed by atoms with E-state index in [9.17, 15) is 0 Å². The summed E-state index contributed by atoms with van der Waals surface area (Å²) in [7, 11) is 0. The fourth-order valence-electron chi connectivity index (χ4n) is 0.824. The van der Waals surface area contributed by atoms with Gasteiger partial charge in [-0.05, 0) is 13.0 Å². The molecule has 3 heteroatoms. The molecule has 3 nitrogen and oxygen atoms in total. The lowest BCUT2D eigenvalue weighted by atomic mass is 10.3. The molecular formula is C8H12N2O. The molecule has 1 rings (SSSR count). The predicted molar refractivity (Wildman–Crippen MR) is 43.3 cm³/mol. The van der Waals surface area contributed by atoms with E-state index in [4.69, 9.17) is 10.5 Å². The quantitative estimate of drug-likeness (QED) is 0.701. The van der Waals surface area contributed by atoms with E-state index in [1.165, 1.54) is 0 Å². The fourth-order valence-corrected chi connectivity index (χ4v) is 0.824. The van der Waals surface area contributed by atoms with Gasteiger partial charge in [-0.2, -0.15) is 0 Å². The second-order valence-electron chi connectivity index (χ2n) is 2.12. The summed E-state index contributed by atoms with van der Waals surface area (Å²) in [6, 6.07) is 3.67. The van der Waals surface area contributed by atoms with Gasteiger partial charge in [-0.3, -0.25) is 4.98 Å². The van der Waals surface area contributed by atoms with Crippen molar-refractivity contribution < 1.29 is 4.74 Å². The molecule has 0 saturated carbocycles. The summed E-state index contributed by atoms with van der Waals surface area (Å²) < 4.78 is 5.25. The highest BCUT2D eigenvalue weighted by atomic mass is 16.5. The van der Waals surface area contributed by atoms with Gasteiger partial charge >= 0.3 is 0 Å². The Balaban J connectivity index is 2.74. The van der Waals surface area contributed by atoms with Crippen molar-refractivity contribution in [3.8, 4) is 5.75 Å². The van der Waals surface area contributed by atoms with Crippen molar-refractivity contribution in [1.29, 1.82) is 0 Å². The average molecular weight is 152 g/mol. The third-order valence-corrected chi connectivity index (χ3v) is 1.31. The third kappa shape index (κ3) is 2.20. The molecule has 0 fully saturated rings. The Bertz CT molecular complexity index is 225. The molecule has 0 bridgehead atoms. The number of rotatable bonds is 3. The fraction of sp³-hybridized carbons (Fsp3) is 0.375. The van der Waals surface area contributed by atoms with Crippen LogP contribution >= 0.6 is 0 Å². The van der Waals surface area contributed by atoms with Gasteiger partial charge in [0, 0.05) is 18.8 Å². The molecule has 60 valence electrons. The van der Waals surface area contributed by atoms with Crippen molar-refractivity contribution in [2.45, 2.75) is 13.5 Å². The topological polar surface area (TPSA) is 48.1 Å². The van der Waals surface area contributed by atoms with Crippen molar-refractivity contribution in [2.75, 3.05) is 6.61 Å². The van der Waals surface area contributed by atoms with Crippen molar-refractivity contribution in [3.63, 3.8) is 0 Å². The summed E-state index contributed by atoms with van der Waals surface area (Å²) in [4.78, 5) is 4.04. The molecule has 0 spiro atoms. The zero-order valence-electron chi connectivity index (χ0n) is 6.58. The molecule has 0 amide bonds. The van der Waals surface area contributed by atoms with E-state index in [1.807, 2.05) is 19.1 Å². The second-order valence-corrected chi connectivity index (χ2v) is 2.12. The number of nitrogens with two attached hydrogens (primary N) is 1. The van der Waals surface area contributed by atoms with Crippen molar-refractivity contribution >= 4 is 0 Å². The van der Waals surface area contributed by atoms with E-state index in [2.05, 4.69) is 4.98 Å². The molecule has 0 saturated heterocycles. The highest BCUT2D eigenvalue weighted by molar-refractivity contribution is 5.22. The number of ether oxygens (including phenoxy) is 1. The smallest absolute Gasteiger partial charge is 0.122 e. The number of nitrogens with zero attached hydrogens (tertiary/aromatic N) is 1. The lowest BCUT2D eigenvalue weighted by Crippen LogP contribution is -2.00. The molecule has 0 radical (unpaired) electrons. The van der Waals surface area contributed by atoms with Gasteiger partial charge in [0.15, 0.2) is 0 Å².